The van der Waals surface area contributed by atoms with Gasteiger partial charge < -0.3 is 0 Å². The number of fused-ring (bicyclic) bond motifs is 15. The molecule has 0 atom stereocenters. The Bertz CT molecular complexity index is 2360. The third kappa shape index (κ3) is 2.72. The lowest BCUT2D eigenvalue weighted by atomic mass is 9.69. The van der Waals surface area contributed by atoms with E-state index in [-0.39, 0.29) is 5.41 Å². The first kappa shape index (κ1) is 22.7. The molecule has 2 aliphatic carbocycles. The average molecular weight is 549 g/mol. The molecule has 8 aromatic rings. The molecule has 0 saturated heterocycles. The molecule has 0 N–H and O–H groups in total. The molecule has 0 radical (unpaired) electrons. The molecule has 1 heterocycles. The molecule has 2 aliphatic rings. The van der Waals surface area contributed by atoms with Gasteiger partial charge in [-0.1, -0.05) is 127 Å². The van der Waals surface area contributed by atoms with Gasteiger partial charge in [0, 0.05) is 20.2 Å². The summed E-state index contributed by atoms with van der Waals surface area (Å²) in [5.41, 5.74) is 13.2. The van der Waals surface area contributed by atoms with Crippen LogP contribution in [0.15, 0.2) is 146 Å². The van der Waals surface area contributed by atoms with Gasteiger partial charge in [-0.3, -0.25) is 0 Å². The van der Waals surface area contributed by atoms with Crippen LogP contribution >= 0.6 is 11.3 Å². The number of hydrogen-bond donors (Lipinski definition) is 0. The SMILES string of the molecule is c1ccc2c(c1)-c1ccccc1C21c2ccccc2-c2ccc3cc(-c4ccc5c(c4)sc4ccccc45)ccc3c21. The zero-order chi connectivity index (χ0) is 27.4. The van der Waals surface area contributed by atoms with Crippen LogP contribution in [0.1, 0.15) is 22.3 Å². The number of rotatable bonds is 1. The summed E-state index contributed by atoms with van der Waals surface area (Å²) in [4.78, 5) is 0. The van der Waals surface area contributed by atoms with Crippen molar-refractivity contribution in [2.24, 2.45) is 0 Å². The second-order valence-corrected chi connectivity index (χ2v) is 12.7. The lowest BCUT2D eigenvalue weighted by Gasteiger charge is -2.31. The average Bonchev–Trinajstić information content (AvgIpc) is 3.68. The molecule has 42 heavy (non-hydrogen) atoms. The van der Waals surface area contributed by atoms with Crippen molar-refractivity contribution in [3.05, 3.63) is 168 Å². The Morgan fingerprint density at radius 2 is 0.929 bits per heavy atom. The van der Waals surface area contributed by atoms with Crippen LogP contribution in [-0.2, 0) is 5.41 Å². The maximum atomic E-state index is 2.40. The summed E-state index contributed by atoms with van der Waals surface area (Å²) in [7, 11) is 0. The largest absolute Gasteiger partial charge is 0.135 e. The molecule has 0 unspecified atom stereocenters. The van der Waals surface area contributed by atoms with Gasteiger partial charge in [-0.05, 0) is 84.6 Å². The first-order chi connectivity index (χ1) is 20.8. The van der Waals surface area contributed by atoms with Crippen LogP contribution in [0, 0.1) is 0 Å². The van der Waals surface area contributed by atoms with Crippen molar-refractivity contribution < 1.29 is 0 Å². The minimum absolute atomic E-state index is 0.323. The van der Waals surface area contributed by atoms with Gasteiger partial charge >= 0.3 is 0 Å². The van der Waals surface area contributed by atoms with Crippen molar-refractivity contribution in [3.63, 3.8) is 0 Å². The quantitative estimate of drug-likeness (QED) is 0.191. The predicted molar refractivity (Wildman–Crippen MR) is 179 cm³/mol. The van der Waals surface area contributed by atoms with Gasteiger partial charge in [0.05, 0.1) is 5.41 Å². The van der Waals surface area contributed by atoms with Crippen LogP contribution in [0.4, 0.5) is 0 Å². The Hall–Kier alpha value is -4.98. The Labute approximate surface area is 248 Å². The molecule has 1 aromatic heterocycles. The summed E-state index contributed by atoms with van der Waals surface area (Å²) >= 11 is 1.88. The Morgan fingerprint density at radius 1 is 0.381 bits per heavy atom. The Balaban J connectivity index is 1.25. The van der Waals surface area contributed by atoms with Crippen molar-refractivity contribution in [2.45, 2.75) is 5.41 Å². The topological polar surface area (TPSA) is 0 Å². The van der Waals surface area contributed by atoms with Crippen LogP contribution in [0.2, 0.25) is 0 Å². The first-order valence-corrected chi connectivity index (χ1v) is 15.4. The highest BCUT2D eigenvalue weighted by atomic mass is 32.1. The third-order valence-corrected chi connectivity index (χ3v) is 10.8. The van der Waals surface area contributed by atoms with Crippen LogP contribution in [0.5, 0.6) is 0 Å². The van der Waals surface area contributed by atoms with E-state index >= 15 is 0 Å². The minimum Gasteiger partial charge on any atom is -0.135 e. The summed E-state index contributed by atoms with van der Waals surface area (Å²) in [6.07, 6.45) is 0. The van der Waals surface area contributed by atoms with Crippen LogP contribution in [0.25, 0.3) is 64.3 Å². The fraction of sp³-hybridized carbons (Fsp3) is 0.0244. The highest BCUT2D eigenvalue weighted by Crippen LogP contribution is 2.64. The molecule has 0 fully saturated rings. The van der Waals surface area contributed by atoms with E-state index in [1.807, 2.05) is 11.3 Å². The van der Waals surface area contributed by atoms with E-state index < -0.39 is 0 Å². The molecule has 194 valence electrons. The normalized spacial score (nSPS) is 13.9. The van der Waals surface area contributed by atoms with Crippen LogP contribution in [0.3, 0.4) is 0 Å². The van der Waals surface area contributed by atoms with E-state index in [0.29, 0.717) is 0 Å². The van der Waals surface area contributed by atoms with Gasteiger partial charge in [-0.15, -0.1) is 11.3 Å². The highest BCUT2D eigenvalue weighted by Gasteiger charge is 2.52. The smallest absolute Gasteiger partial charge is 0.0731 e. The zero-order valence-electron chi connectivity index (χ0n) is 22.8. The van der Waals surface area contributed by atoms with E-state index in [1.165, 1.54) is 86.6 Å². The molecule has 0 bridgehead atoms. The van der Waals surface area contributed by atoms with Crippen molar-refractivity contribution in [1.82, 2.24) is 0 Å². The molecule has 7 aromatic carbocycles. The second kappa shape index (κ2) is 8.06. The van der Waals surface area contributed by atoms with Gasteiger partial charge in [0.25, 0.3) is 0 Å². The summed E-state index contributed by atoms with van der Waals surface area (Å²) < 4.78 is 2.69. The lowest BCUT2D eigenvalue weighted by molar-refractivity contribution is 0.801. The van der Waals surface area contributed by atoms with E-state index in [0.717, 1.165) is 0 Å². The molecular weight excluding hydrogens is 525 g/mol. The molecule has 0 aliphatic heterocycles. The van der Waals surface area contributed by atoms with Crippen LogP contribution < -0.4 is 0 Å². The zero-order valence-corrected chi connectivity index (χ0v) is 23.6. The number of hydrogen-bond acceptors (Lipinski definition) is 1. The maximum absolute atomic E-state index is 2.40. The Morgan fingerprint density at radius 3 is 1.64 bits per heavy atom. The molecule has 0 nitrogen and oxygen atoms in total. The van der Waals surface area contributed by atoms with Crippen molar-refractivity contribution in [3.8, 4) is 33.4 Å². The summed E-state index contributed by atoms with van der Waals surface area (Å²) in [6.45, 7) is 0. The van der Waals surface area contributed by atoms with E-state index in [1.54, 1.807) is 0 Å². The standard InChI is InChI=1S/C41H24S/c1-5-13-35-29(9-1)30-10-2-6-14-36(30)41(35)37-15-7-3-11-31(37)34-22-19-27-23-25(17-20-28(27)40(34)41)26-18-21-33-32-12-4-8-16-38(32)42-39(33)24-26/h1-24H. The monoisotopic (exact) mass is 548 g/mol. The minimum atomic E-state index is -0.323. The summed E-state index contributed by atoms with van der Waals surface area (Å²) in [5.74, 6) is 0. The molecular formula is C41H24S. The van der Waals surface area contributed by atoms with Gasteiger partial charge in [0.15, 0.2) is 0 Å². The fourth-order valence-electron chi connectivity index (χ4n) is 8.02. The van der Waals surface area contributed by atoms with Gasteiger partial charge in [0.1, 0.15) is 0 Å². The van der Waals surface area contributed by atoms with E-state index in [9.17, 15) is 0 Å². The lowest BCUT2D eigenvalue weighted by Crippen LogP contribution is -2.26. The van der Waals surface area contributed by atoms with Gasteiger partial charge in [-0.2, -0.15) is 0 Å². The summed E-state index contributed by atoms with van der Waals surface area (Å²) in [5, 5.41) is 5.31. The van der Waals surface area contributed by atoms with Crippen molar-refractivity contribution >= 4 is 42.3 Å². The highest BCUT2D eigenvalue weighted by molar-refractivity contribution is 7.25. The predicted octanol–water partition coefficient (Wildman–Crippen LogP) is 11.2. The number of benzene rings is 7. The molecule has 1 heteroatoms. The van der Waals surface area contributed by atoms with E-state index in [2.05, 4.69) is 146 Å². The van der Waals surface area contributed by atoms with Crippen molar-refractivity contribution in [2.75, 3.05) is 0 Å². The first-order valence-electron chi connectivity index (χ1n) is 14.6. The Kier molecular flexibility index (Phi) is 4.35. The van der Waals surface area contributed by atoms with Crippen LogP contribution in [-0.4, -0.2) is 0 Å². The number of thiophene rings is 1. The fourth-order valence-corrected chi connectivity index (χ4v) is 9.16. The van der Waals surface area contributed by atoms with Gasteiger partial charge in [0.2, 0.25) is 0 Å². The maximum Gasteiger partial charge on any atom is 0.0731 e. The summed E-state index contributed by atoms with van der Waals surface area (Å²) in [6, 6.07) is 54.7. The van der Waals surface area contributed by atoms with Crippen molar-refractivity contribution in [1.29, 1.82) is 0 Å². The second-order valence-electron chi connectivity index (χ2n) is 11.6. The molecule has 10 rings (SSSR count). The van der Waals surface area contributed by atoms with E-state index in [4.69, 9.17) is 0 Å². The third-order valence-electron chi connectivity index (χ3n) is 9.68. The van der Waals surface area contributed by atoms with Gasteiger partial charge in [-0.25, -0.2) is 0 Å². The molecule has 0 saturated carbocycles. The molecule has 0 amide bonds. The molecule has 1 spiro atoms.